The third kappa shape index (κ3) is 3.43. The van der Waals surface area contributed by atoms with Crippen LogP contribution < -0.4 is 5.73 Å². The lowest BCUT2D eigenvalue weighted by Gasteiger charge is -2.26. The summed E-state index contributed by atoms with van der Waals surface area (Å²) in [5, 5.41) is 0. The summed E-state index contributed by atoms with van der Waals surface area (Å²) in [4.78, 5) is 0. The quantitative estimate of drug-likeness (QED) is 0.895. The van der Waals surface area contributed by atoms with E-state index in [4.69, 9.17) is 5.73 Å². The van der Waals surface area contributed by atoms with E-state index < -0.39 is 5.54 Å². The summed E-state index contributed by atoms with van der Waals surface area (Å²) in [6.07, 6.45) is 0.578. The number of hydrogen-bond acceptors (Lipinski definition) is 1. The minimum Gasteiger partial charge on any atom is -0.321 e. The SMILES string of the molecule is Cc1ccc(C(C)(N)Cc2cc(F)ccc2Br)cc1. The van der Waals surface area contributed by atoms with Crippen molar-refractivity contribution >= 4 is 15.9 Å². The Morgan fingerprint density at radius 2 is 1.79 bits per heavy atom. The molecule has 1 nitrogen and oxygen atoms in total. The van der Waals surface area contributed by atoms with Gasteiger partial charge in [-0.2, -0.15) is 0 Å². The van der Waals surface area contributed by atoms with E-state index in [-0.39, 0.29) is 5.82 Å². The van der Waals surface area contributed by atoms with Gasteiger partial charge in [-0.3, -0.25) is 0 Å². The van der Waals surface area contributed by atoms with Crippen molar-refractivity contribution in [2.75, 3.05) is 0 Å². The van der Waals surface area contributed by atoms with Gasteiger partial charge in [-0.15, -0.1) is 0 Å². The Morgan fingerprint density at radius 1 is 1.16 bits per heavy atom. The highest BCUT2D eigenvalue weighted by atomic mass is 79.9. The fourth-order valence-corrected chi connectivity index (χ4v) is 2.50. The highest BCUT2D eigenvalue weighted by molar-refractivity contribution is 9.10. The number of rotatable bonds is 3. The fourth-order valence-electron chi connectivity index (χ4n) is 2.11. The van der Waals surface area contributed by atoms with Crippen LogP contribution in [0.5, 0.6) is 0 Å². The second-order valence-corrected chi connectivity index (χ2v) is 6.05. The van der Waals surface area contributed by atoms with Gasteiger partial charge in [0.1, 0.15) is 5.82 Å². The molecule has 0 aliphatic rings. The number of hydrogen-bond donors (Lipinski definition) is 1. The van der Waals surface area contributed by atoms with Crippen LogP contribution >= 0.6 is 15.9 Å². The van der Waals surface area contributed by atoms with Crippen LogP contribution in [-0.4, -0.2) is 0 Å². The van der Waals surface area contributed by atoms with E-state index in [0.29, 0.717) is 6.42 Å². The first-order valence-electron chi connectivity index (χ1n) is 6.18. The van der Waals surface area contributed by atoms with E-state index >= 15 is 0 Å². The zero-order chi connectivity index (χ0) is 14.0. The molecule has 0 bridgehead atoms. The van der Waals surface area contributed by atoms with Crippen molar-refractivity contribution < 1.29 is 4.39 Å². The van der Waals surface area contributed by atoms with Gasteiger partial charge in [-0.05, 0) is 49.6 Å². The van der Waals surface area contributed by atoms with Gasteiger partial charge in [-0.1, -0.05) is 45.8 Å². The molecule has 0 heterocycles. The molecule has 0 fully saturated rings. The van der Waals surface area contributed by atoms with Crippen molar-refractivity contribution in [3.63, 3.8) is 0 Å². The molecule has 0 amide bonds. The van der Waals surface area contributed by atoms with Crippen molar-refractivity contribution in [3.8, 4) is 0 Å². The van der Waals surface area contributed by atoms with Crippen LogP contribution in [0.3, 0.4) is 0 Å². The zero-order valence-corrected chi connectivity index (χ0v) is 12.7. The van der Waals surface area contributed by atoms with Gasteiger partial charge >= 0.3 is 0 Å². The summed E-state index contributed by atoms with van der Waals surface area (Å²) in [6, 6.07) is 12.8. The van der Waals surface area contributed by atoms with Crippen LogP contribution in [0.1, 0.15) is 23.6 Å². The molecule has 0 aliphatic carbocycles. The number of halogens is 2. The maximum absolute atomic E-state index is 13.3. The summed E-state index contributed by atoms with van der Waals surface area (Å²) in [5.41, 5.74) is 9.00. The van der Waals surface area contributed by atoms with Crippen LogP contribution in [0.25, 0.3) is 0 Å². The average molecular weight is 322 g/mol. The Morgan fingerprint density at radius 3 is 2.42 bits per heavy atom. The van der Waals surface area contributed by atoms with Crippen molar-refractivity contribution in [2.24, 2.45) is 5.73 Å². The second-order valence-electron chi connectivity index (χ2n) is 5.20. The highest BCUT2D eigenvalue weighted by Gasteiger charge is 2.22. The lowest BCUT2D eigenvalue weighted by Crippen LogP contribution is -2.35. The summed E-state index contributed by atoms with van der Waals surface area (Å²) in [6.45, 7) is 4.01. The Labute approximate surface area is 121 Å². The van der Waals surface area contributed by atoms with Crippen LogP contribution in [0.4, 0.5) is 4.39 Å². The van der Waals surface area contributed by atoms with E-state index in [1.165, 1.54) is 17.7 Å². The molecule has 0 aliphatic heterocycles. The summed E-state index contributed by atoms with van der Waals surface area (Å²) < 4.78 is 14.2. The predicted molar refractivity (Wildman–Crippen MR) is 80.5 cm³/mol. The van der Waals surface area contributed by atoms with Crippen LogP contribution in [0.2, 0.25) is 0 Å². The first-order chi connectivity index (χ1) is 8.88. The molecule has 1 atom stereocenters. The van der Waals surface area contributed by atoms with E-state index in [1.807, 2.05) is 38.1 Å². The van der Waals surface area contributed by atoms with Crippen molar-refractivity contribution in [2.45, 2.75) is 25.8 Å². The Balaban J connectivity index is 2.30. The standard InChI is InChI=1S/C16H17BrFN/c1-11-3-5-13(6-4-11)16(2,19)10-12-9-14(18)7-8-15(12)17/h3-9H,10,19H2,1-2H3. The molecular formula is C16H17BrFN. The van der Waals surface area contributed by atoms with Crippen molar-refractivity contribution in [1.29, 1.82) is 0 Å². The third-order valence-corrected chi connectivity index (χ3v) is 4.05. The molecule has 19 heavy (non-hydrogen) atoms. The van der Waals surface area contributed by atoms with Crippen LogP contribution in [0, 0.1) is 12.7 Å². The molecule has 0 radical (unpaired) electrons. The number of nitrogens with two attached hydrogens (primary N) is 1. The molecule has 2 aromatic rings. The molecule has 2 N–H and O–H groups in total. The van der Waals surface area contributed by atoms with Crippen LogP contribution in [-0.2, 0) is 12.0 Å². The van der Waals surface area contributed by atoms with Gasteiger partial charge in [0.05, 0.1) is 0 Å². The molecule has 0 saturated carbocycles. The maximum Gasteiger partial charge on any atom is 0.123 e. The topological polar surface area (TPSA) is 26.0 Å². The highest BCUT2D eigenvalue weighted by Crippen LogP contribution is 2.27. The van der Waals surface area contributed by atoms with Crippen LogP contribution in [0.15, 0.2) is 46.9 Å². The summed E-state index contributed by atoms with van der Waals surface area (Å²) in [7, 11) is 0. The molecule has 0 spiro atoms. The number of benzene rings is 2. The van der Waals surface area contributed by atoms with Gasteiger partial charge in [0.15, 0.2) is 0 Å². The molecule has 2 aromatic carbocycles. The minimum absolute atomic E-state index is 0.238. The average Bonchev–Trinajstić information content (AvgIpc) is 2.34. The minimum atomic E-state index is -0.524. The normalized spacial score (nSPS) is 14.2. The zero-order valence-electron chi connectivity index (χ0n) is 11.1. The first kappa shape index (κ1) is 14.2. The molecule has 0 aromatic heterocycles. The van der Waals surface area contributed by atoms with E-state index in [0.717, 1.165) is 15.6 Å². The first-order valence-corrected chi connectivity index (χ1v) is 6.98. The predicted octanol–water partition coefficient (Wildman–Crippen LogP) is 4.31. The summed E-state index contributed by atoms with van der Waals surface area (Å²) in [5.74, 6) is -0.238. The van der Waals surface area contributed by atoms with E-state index in [2.05, 4.69) is 15.9 Å². The maximum atomic E-state index is 13.3. The number of aryl methyl sites for hydroxylation is 1. The monoisotopic (exact) mass is 321 g/mol. The lowest BCUT2D eigenvalue weighted by atomic mass is 9.86. The van der Waals surface area contributed by atoms with Crippen molar-refractivity contribution in [3.05, 3.63) is 69.4 Å². The molecule has 3 heteroatoms. The van der Waals surface area contributed by atoms with E-state index in [9.17, 15) is 4.39 Å². The molecule has 2 rings (SSSR count). The summed E-state index contributed by atoms with van der Waals surface area (Å²) >= 11 is 3.45. The van der Waals surface area contributed by atoms with Crippen molar-refractivity contribution in [1.82, 2.24) is 0 Å². The Bertz CT molecular complexity index is 576. The van der Waals surface area contributed by atoms with Gasteiger partial charge in [0.25, 0.3) is 0 Å². The van der Waals surface area contributed by atoms with E-state index in [1.54, 1.807) is 6.07 Å². The molecule has 1 unspecified atom stereocenters. The lowest BCUT2D eigenvalue weighted by molar-refractivity contribution is 0.488. The molecule has 0 saturated heterocycles. The largest absolute Gasteiger partial charge is 0.321 e. The molecule has 100 valence electrons. The Kier molecular flexibility index (Phi) is 4.07. The molecular weight excluding hydrogens is 305 g/mol. The second kappa shape index (κ2) is 5.43. The smallest absolute Gasteiger partial charge is 0.123 e. The van der Waals surface area contributed by atoms with Gasteiger partial charge in [-0.25, -0.2) is 4.39 Å². The third-order valence-electron chi connectivity index (χ3n) is 3.28. The Hall–Kier alpha value is -1.19. The van der Waals surface area contributed by atoms with Gasteiger partial charge in [0, 0.05) is 10.0 Å². The fraction of sp³-hybridized carbons (Fsp3) is 0.250. The van der Waals surface area contributed by atoms with Gasteiger partial charge < -0.3 is 5.73 Å². The van der Waals surface area contributed by atoms with Gasteiger partial charge in [0.2, 0.25) is 0 Å².